The first kappa shape index (κ1) is 53.8. The van der Waals surface area contributed by atoms with Gasteiger partial charge in [0.1, 0.15) is 40.9 Å². The maximum Gasteiger partial charge on any atom is 0.193 e. The van der Waals surface area contributed by atoms with E-state index in [0.29, 0.717) is 24.2 Å². The van der Waals surface area contributed by atoms with E-state index in [0.717, 1.165) is 20.6 Å². The summed E-state index contributed by atoms with van der Waals surface area (Å²) >= 11 is 5.34. The molecule has 0 unspecified atom stereocenters. The third-order valence-corrected chi connectivity index (χ3v) is 27.3. The van der Waals surface area contributed by atoms with E-state index >= 15 is 4.39 Å². The van der Waals surface area contributed by atoms with Crippen molar-refractivity contribution in [3.05, 3.63) is 135 Å². The number of aromatic nitrogens is 2. The molecule has 4 nitrogen and oxygen atoms in total. The Kier molecular flexibility index (Phi) is 20.8. The number of benzene rings is 3. The van der Waals surface area contributed by atoms with Crippen LogP contribution in [0.1, 0.15) is 75.8 Å². The summed E-state index contributed by atoms with van der Waals surface area (Å²) in [7, 11) is -6.35. The predicted molar refractivity (Wildman–Crippen MR) is 274 cm³/mol. The Labute approximate surface area is 407 Å². The minimum atomic E-state index is -2.26. The van der Waals surface area contributed by atoms with Crippen LogP contribution in [0.15, 0.2) is 113 Å². The molecule has 5 rings (SSSR count). The SMILES string of the molecule is Cc1nc(/C=C(\F)[C@H](CCI)O[Si](C)(C)C(C)(C)C)cs1.Cc1nc(/C=C(\F)[C@H](CC[P+](c2ccccc2)(c2ccccc2)c2ccccc2)O[Si](C)(C)C(C)(C)C)cs1.[I-]. The number of aryl methyl sites for hydroxylation is 2. The van der Waals surface area contributed by atoms with Crippen molar-refractivity contribution in [3.8, 4) is 0 Å². The zero-order valence-corrected chi connectivity index (χ0v) is 46.8. The molecule has 0 aliphatic carbocycles. The highest BCUT2D eigenvalue weighted by atomic mass is 127. The summed E-state index contributed by atoms with van der Waals surface area (Å²) in [5.41, 5.74) is 1.35. The third kappa shape index (κ3) is 15.0. The molecule has 5 aromatic rings. The van der Waals surface area contributed by atoms with Gasteiger partial charge in [0.15, 0.2) is 16.6 Å². The number of hydrogen-bond donors (Lipinski definition) is 0. The molecule has 332 valence electrons. The van der Waals surface area contributed by atoms with E-state index in [-0.39, 0.29) is 45.7 Å². The lowest BCUT2D eigenvalue weighted by Crippen LogP contribution is -3.00. The van der Waals surface area contributed by atoms with Crippen LogP contribution in [0.5, 0.6) is 0 Å². The molecule has 0 radical (unpaired) electrons. The maximum absolute atomic E-state index is 16.2. The highest BCUT2D eigenvalue weighted by molar-refractivity contribution is 14.1. The summed E-state index contributed by atoms with van der Waals surface area (Å²) in [5.74, 6) is -0.445. The van der Waals surface area contributed by atoms with Crippen LogP contribution in [-0.4, -0.2) is 49.4 Å². The molecule has 0 saturated heterocycles. The standard InChI is InChI=1S/C33H40FNOPSSi.C15H25FINOSSi.HI/c1-26-35-27(25-38-26)24-31(34)32(36-39(5,6)33(2,3)4)22-23-37(28-16-10-7-11-17-28,29-18-12-8-13-19-29)30-20-14-9-15-21-30;1-11-18-12(10-20-11)9-13(16)14(7-8-17)19-21(5,6)15(2,3)4;/h7-21,24-25,32H,22-23H2,1-6H3;9-10,14H,7-8H2,1-6H3;1H/q+1;;/p-1/b31-24-;13-9-;/t32-;14-;/m00./s1. The summed E-state index contributed by atoms with van der Waals surface area (Å²) in [5, 5.41) is 9.61. The number of rotatable bonds is 16. The van der Waals surface area contributed by atoms with Crippen molar-refractivity contribution in [2.24, 2.45) is 0 Å². The Morgan fingerprint density at radius 1 is 0.639 bits per heavy atom. The van der Waals surface area contributed by atoms with Crippen molar-refractivity contribution in [2.45, 2.75) is 117 Å². The Morgan fingerprint density at radius 3 is 1.25 bits per heavy atom. The Bertz CT molecular complexity index is 2040. The molecule has 0 spiro atoms. The first-order valence-corrected chi connectivity index (χ1v) is 31.7. The normalized spacial score (nSPS) is 14.1. The second kappa shape index (κ2) is 23.6. The highest BCUT2D eigenvalue weighted by Crippen LogP contribution is 2.56. The van der Waals surface area contributed by atoms with Gasteiger partial charge in [0.25, 0.3) is 0 Å². The minimum Gasteiger partial charge on any atom is -1.00 e. The van der Waals surface area contributed by atoms with E-state index in [4.69, 9.17) is 8.85 Å². The Morgan fingerprint density at radius 2 is 0.967 bits per heavy atom. The van der Waals surface area contributed by atoms with E-state index in [9.17, 15) is 4.39 Å². The average Bonchev–Trinajstić information content (AvgIpc) is 3.80. The quantitative estimate of drug-likeness (QED) is 0.0427. The van der Waals surface area contributed by atoms with E-state index < -0.39 is 36.1 Å². The van der Waals surface area contributed by atoms with Crippen LogP contribution in [0.25, 0.3) is 12.2 Å². The van der Waals surface area contributed by atoms with Gasteiger partial charge < -0.3 is 32.8 Å². The third-order valence-electron chi connectivity index (χ3n) is 11.6. The summed E-state index contributed by atoms with van der Waals surface area (Å²) < 4.78 is 44.7. The van der Waals surface area contributed by atoms with E-state index in [1.54, 1.807) is 6.08 Å². The van der Waals surface area contributed by atoms with Gasteiger partial charge in [-0.2, -0.15) is 0 Å². The molecule has 0 saturated carbocycles. The summed E-state index contributed by atoms with van der Waals surface area (Å²) in [4.78, 5) is 8.79. The van der Waals surface area contributed by atoms with Crippen molar-refractivity contribution in [1.82, 2.24) is 9.97 Å². The summed E-state index contributed by atoms with van der Waals surface area (Å²) in [6, 6.07) is 32.3. The van der Waals surface area contributed by atoms with Gasteiger partial charge in [0.05, 0.1) is 33.7 Å². The zero-order valence-electron chi connectivity index (χ0n) is 37.9. The van der Waals surface area contributed by atoms with Crippen molar-refractivity contribution in [2.75, 3.05) is 10.6 Å². The number of hydrogen-bond acceptors (Lipinski definition) is 6. The van der Waals surface area contributed by atoms with Gasteiger partial charge >= 0.3 is 0 Å². The van der Waals surface area contributed by atoms with Gasteiger partial charge in [0, 0.05) is 21.6 Å². The van der Waals surface area contributed by atoms with Crippen LogP contribution < -0.4 is 39.9 Å². The molecular formula is C48H65F2I2N2O2PS2Si2. The molecule has 0 aliphatic heterocycles. The van der Waals surface area contributed by atoms with Gasteiger partial charge in [-0.15, -0.1) is 22.7 Å². The number of halogens is 4. The molecule has 2 heterocycles. The fourth-order valence-corrected chi connectivity index (χ4v) is 14.9. The second-order valence-corrected chi connectivity index (χ2v) is 34.5. The largest absolute Gasteiger partial charge is 1.00 e. The van der Waals surface area contributed by atoms with Gasteiger partial charge in [0.2, 0.25) is 0 Å². The number of alkyl halides is 1. The van der Waals surface area contributed by atoms with Crippen LogP contribution in [0.2, 0.25) is 36.3 Å². The Balaban J connectivity index is 0.000000383. The van der Waals surface area contributed by atoms with Crippen molar-refractivity contribution < 1.29 is 41.6 Å². The van der Waals surface area contributed by atoms with Gasteiger partial charge in [-0.1, -0.05) is 119 Å². The number of thiazole rings is 2. The topological polar surface area (TPSA) is 44.2 Å². The van der Waals surface area contributed by atoms with Crippen molar-refractivity contribution >= 4 is 97.2 Å². The fraction of sp³-hybridized carbons (Fsp3) is 0.417. The zero-order chi connectivity index (χ0) is 44.4. The molecule has 0 fully saturated rings. The van der Waals surface area contributed by atoms with Gasteiger partial charge in [-0.25, -0.2) is 18.7 Å². The minimum absolute atomic E-state index is 0. The molecule has 61 heavy (non-hydrogen) atoms. The molecule has 0 aliphatic rings. The molecule has 3 aromatic carbocycles. The molecule has 13 heteroatoms. The van der Waals surface area contributed by atoms with Crippen LogP contribution in [0.3, 0.4) is 0 Å². The van der Waals surface area contributed by atoms with E-state index in [1.165, 1.54) is 44.7 Å². The lowest BCUT2D eigenvalue weighted by atomic mass is 10.2. The lowest BCUT2D eigenvalue weighted by Gasteiger charge is -2.39. The first-order chi connectivity index (χ1) is 28.1. The van der Waals surface area contributed by atoms with Crippen molar-refractivity contribution in [3.63, 3.8) is 0 Å². The second-order valence-electron chi connectivity index (χ2n) is 18.2. The van der Waals surface area contributed by atoms with Crippen LogP contribution in [-0.2, 0) is 8.85 Å². The number of nitrogens with zero attached hydrogens (tertiary/aromatic N) is 2. The highest BCUT2D eigenvalue weighted by Gasteiger charge is 2.47. The molecule has 2 atom stereocenters. The van der Waals surface area contributed by atoms with Crippen LogP contribution >= 0.6 is 52.5 Å². The lowest BCUT2D eigenvalue weighted by molar-refractivity contribution is -0.0000156. The monoisotopic (exact) mass is 1140 g/mol. The maximum atomic E-state index is 16.2. The summed E-state index contributed by atoms with van der Waals surface area (Å²) in [6.07, 6.45) is 4.07. The Hall–Kier alpha value is -1.50. The predicted octanol–water partition coefficient (Wildman–Crippen LogP) is 11.5. The van der Waals surface area contributed by atoms with E-state index in [1.807, 2.05) is 24.6 Å². The molecule has 0 bridgehead atoms. The van der Waals surface area contributed by atoms with Crippen LogP contribution in [0, 0.1) is 13.8 Å². The molecular weight excluding hydrogens is 1080 g/mol. The first-order valence-electron chi connectivity index (χ1n) is 20.6. The molecule has 0 amide bonds. The van der Waals surface area contributed by atoms with Gasteiger partial charge in [-0.3, -0.25) is 0 Å². The van der Waals surface area contributed by atoms with Crippen molar-refractivity contribution in [1.29, 1.82) is 0 Å². The molecule has 0 N–H and O–H groups in total. The average molecular weight is 1150 g/mol. The van der Waals surface area contributed by atoms with E-state index in [2.05, 4.69) is 191 Å². The van der Waals surface area contributed by atoms with Crippen LogP contribution in [0.4, 0.5) is 8.78 Å². The fourth-order valence-electron chi connectivity index (χ4n) is 6.22. The molecule has 2 aromatic heterocycles. The smallest absolute Gasteiger partial charge is 0.193 e. The van der Waals surface area contributed by atoms with Gasteiger partial charge in [-0.05, 0) is 105 Å². The summed E-state index contributed by atoms with van der Waals surface area (Å²) in [6.45, 7) is 25.7.